The van der Waals surface area contributed by atoms with Gasteiger partial charge in [0.05, 0.1) is 11.6 Å². The Hall–Kier alpha value is -2.55. The summed E-state index contributed by atoms with van der Waals surface area (Å²) in [6, 6.07) is 10.9. The molecule has 2 rings (SSSR count). The first kappa shape index (κ1) is 13.9. The summed E-state index contributed by atoms with van der Waals surface area (Å²) < 4.78 is 1.70. The topological polar surface area (TPSA) is 38.0 Å². The number of allylic oxidation sites excluding steroid dienone is 1. The third-order valence-electron chi connectivity index (χ3n) is 2.96. The number of nitrogens with zero attached hydrogens (tertiary/aromatic N) is 1. The van der Waals surface area contributed by atoms with Crippen LogP contribution in [0, 0.1) is 6.92 Å². The van der Waals surface area contributed by atoms with Crippen LogP contribution in [-0.2, 0) is 0 Å². The molecule has 1 aromatic heterocycles. The molecular weight excluding hydrogens is 250 g/mol. The highest BCUT2D eigenvalue weighted by molar-refractivity contribution is 6.05. The molecule has 0 saturated heterocycles. The van der Waals surface area contributed by atoms with Crippen LogP contribution in [0.2, 0.25) is 0 Å². The molecule has 3 nitrogen and oxygen atoms in total. The van der Waals surface area contributed by atoms with E-state index in [2.05, 4.69) is 0 Å². The Morgan fingerprint density at radius 1 is 1.05 bits per heavy atom. The molecule has 0 bridgehead atoms. The van der Waals surface area contributed by atoms with Gasteiger partial charge in [-0.15, -0.1) is 0 Å². The molecule has 0 radical (unpaired) electrons. The predicted molar refractivity (Wildman–Crippen MR) is 77.5 cm³/mol. The molecule has 0 aliphatic rings. The third-order valence-corrected chi connectivity index (χ3v) is 2.96. The summed E-state index contributed by atoms with van der Waals surface area (Å²) in [5.74, 6) is -0.0664. The monoisotopic (exact) mass is 266 g/mol. The Bertz CT molecular complexity index is 670. The highest BCUT2D eigenvalue weighted by atomic mass is 16.1. The number of aryl methyl sites for hydroxylation is 1. The van der Waals surface area contributed by atoms with E-state index in [0.29, 0.717) is 11.1 Å². The van der Waals surface area contributed by atoms with Crippen LogP contribution in [0.5, 0.6) is 0 Å². The zero-order valence-corrected chi connectivity index (χ0v) is 11.5. The Morgan fingerprint density at radius 2 is 1.75 bits per heavy atom. The Kier molecular flexibility index (Phi) is 4.20. The highest BCUT2D eigenvalue weighted by Crippen LogP contribution is 2.04. The average molecular weight is 266 g/mol. The van der Waals surface area contributed by atoms with Crippen molar-refractivity contribution in [2.24, 2.45) is 0 Å². The van der Waals surface area contributed by atoms with Crippen molar-refractivity contribution in [2.75, 3.05) is 0 Å². The molecular formula is C17H16NO2+. The Morgan fingerprint density at radius 3 is 2.40 bits per heavy atom. The minimum Gasteiger partial charge on any atom is -0.294 e. The maximum atomic E-state index is 12.0. The van der Waals surface area contributed by atoms with Crippen LogP contribution < -0.4 is 4.57 Å². The second-order valence-electron chi connectivity index (χ2n) is 4.64. The van der Waals surface area contributed by atoms with Gasteiger partial charge in [0.15, 0.2) is 30.2 Å². The van der Waals surface area contributed by atoms with E-state index in [-0.39, 0.29) is 11.6 Å². The van der Waals surface area contributed by atoms with Gasteiger partial charge in [0.2, 0.25) is 0 Å². The second kappa shape index (κ2) is 6.06. The fourth-order valence-electron chi connectivity index (χ4n) is 1.76. The molecule has 100 valence electrons. The average Bonchev–Trinajstić information content (AvgIpc) is 2.46. The van der Waals surface area contributed by atoms with E-state index in [0.717, 1.165) is 5.56 Å². The van der Waals surface area contributed by atoms with E-state index in [4.69, 9.17) is 0 Å². The molecule has 0 atom stereocenters. The lowest BCUT2D eigenvalue weighted by molar-refractivity contribution is -0.568. The molecule has 0 spiro atoms. The standard InChI is InChI=1S/C17H16NO2/c1-13-5-7-15(8-6-13)17(20)9-11-18-10-3-4-16(12-18)14(2)19/h3-12H,1-2H3/q+1/b11-9+. The number of carbonyl (C=O) groups is 2. The zero-order chi connectivity index (χ0) is 14.5. The van der Waals surface area contributed by atoms with Gasteiger partial charge in [-0.05, 0) is 19.9 Å². The van der Waals surface area contributed by atoms with Crippen LogP contribution in [0.25, 0.3) is 6.20 Å². The fourth-order valence-corrected chi connectivity index (χ4v) is 1.76. The molecule has 0 amide bonds. The van der Waals surface area contributed by atoms with Gasteiger partial charge < -0.3 is 0 Å². The lowest BCUT2D eigenvalue weighted by atomic mass is 10.1. The summed E-state index contributed by atoms with van der Waals surface area (Å²) in [6.45, 7) is 3.49. The van der Waals surface area contributed by atoms with Crippen LogP contribution in [0.3, 0.4) is 0 Å². The number of hydrogen-bond donors (Lipinski definition) is 0. The number of Topliss-reactive ketones (excluding diaryl/α,β-unsaturated/α-hetero) is 1. The number of rotatable bonds is 4. The second-order valence-corrected chi connectivity index (χ2v) is 4.64. The molecule has 1 heterocycles. The summed E-state index contributed by atoms with van der Waals surface area (Å²) in [4.78, 5) is 23.3. The zero-order valence-electron chi connectivity index (χ0n) is 11.5. The maximum absolute atomic E-state index is 12.0. The van der Waals surface area contributed by atoms with E-state index in [1.807, 2.05) is 19.1 Å². The lowest BCUT2D eigenvalue weighted by Crippen LogP contribution is -2.26. The molecule has 0 N–H and O–H groups in total. The smallest absolute Gasteiger partial charge is 0.191 e. The fraction of sp³-hybridized carbons (Fsp3) is 0.118. The van der Waals surface area contributed by atoms with E-state index < -0.39 is 0 Å². The first-order chi connectivity index (χ1) is 9.56. The normalized spacial score (nSPS) is 10.7. The molecule has 0 fully saturated rings. The van der Waals surface area contributed by atoms with Crippen molar-refractivity contribution < 1.29 is 14.2 Å². The molecule has 0 aliphatic heterocycles. The van der Waals surface area contributed by atoms with Crippen molar-refractivity contribution in [3.05, 3.63) is 71.6 Å². The van der Waals surface area contributed by atoms with Crippen LogP contribution in [0.15, 0.2) is 54.9 Å². The van der Waals surface area contributed by atoms with E-state index in [1.165, 1.54) is 13.0 Å². The van der Waals surface area contributed by atoms with Crippen molar-refractivity contribution in [2.45, 2.75) is 13.8 Å². The van der Waals surface area contributed by atoms with Gasteiger partial charge in [0.25, 0.3) is 0 Å². The van der Waals surface area contributed by atoms with Crippen molar-refractivity contribution in [3.8, 4) is 0 Å². The van der Waals surface area contributed by atoms with Crippen LogP contribution >= 0.6 is 0 Å². The molecule has 0 aliphatic carbocycles. The Labute approximate surface area is 118 Å². The van der Waals surface area contributed by atoms with Gasteiger partial charge >= 0.3 is 0 Å². The predicted octanol–water partition coefficient (Wildman–Crippen LogP) is 2.84. The largest absolute Gasteiger partial charge is 0.294 e. The van der Waals surface area contributed by atoms with E-state index in [9.17, 15) is 9.59 Å². The van der Waals surface area contributed by atoms with Crippen LogP contribution in [-0.4, -0.2) is 11.6 Å². The first-order valence-electron chi connectivity index (χ1n) is 6.37. The van der Waals surface area contributed by atoms with Gasteiger partial charge in [-0.25, -0.2) is 0 Å². The van der Waals surface area contributed by atoms with Gasteiger partial charge in [0.1, 0.15) is 0 Å². The number of ketones is 2. The quantitative estimate of drug-likeness (QED) is 0.485. The molecule has 2 aromatic rings. The van der Waals surface area contributed by atoms with Crippen molar-refractivity contribution in [1.82, 2.24) is 0 Å². The first-order valence-corrected chi connectivity index (χ1v) is 6.37. The lowest BCUT2D eigenvalue weighted by Gasteiger charge is -1.96. The highest BCUT2D eigenvalue weighted by Gasteiger charge is 2.06. The van der Waals surface area contributed by atoms with Crippen molar-refractivity contribution in [3.63, 3.8) is 0 Å². The summed E-state index contributed by atoms with van der Waals surface area (Å²) in [6.07, 6.45) is 6.62. The summed E-state index contributed by atoms with van der Waals surface area (Å²) >= 11 is 0. The molecule has 20 heavy (non-hydrogen) atoms. The van der Waals surface area contributed by atoms with Gasteiger partial charge in [-0.3, -0.25) is 9.59 Å². The molecule has 1 aromatic carbocycles. The number of aromatic nitrogens is 1. The van der Waals surface area contributed by atoms with Gasteiger partial charge in [0, 0.05) is 11.6 Å². The number of pyridine rings is 1. The summed E-state index contributed by atoms with van der Waals surface area (Å²) in [5, 5.41) is 0. The van der Waals surface area contributed by atoms with E-state index >= 15 is 0 Å². The van der Waals surface area contributed by atoms with Gasteiger partial charge in [-0.1, -0.05) is 29.8 Å². The third kappa shape index (κ3) is 3.48. The Balaban J connectivity index is 2.16. The molecule has 3 heteroatoms. The number of hydrogen-bond acceptors (Lipinski definition) is 2. The molecule has 0 unspecified atom stereocenters. The van der Waals surface area contributed by atoms with E-state index in [1.54, 1.807) is 47.4 Å². The number of benzene rings is 1. The van der Waals surface area contributed by atoms with Crippen LogP contribution in [0.1, 0.15) is 33.2 Å². The summed E-state index contributed by atoms with van der Waals surface area (Å²) in [5.41, 5.74) is 2.38. The minimum atomic E-state index is -0.0641. The van der Waals surface area contributed by atoms with Gasteiger partial charge in [-0.2, -0.15) is 4.57 Å². The van der Waals surface area contributed by atoms with Crippen molar-refractivity contribution >= 4 is 17.8 Å². The van der Waals surface area contributed by atoms with Crippen molar-refractivity contribution in [1.29, 1.82) is 0 Å². The molecule has 0 saturated carbocycles. The maximum Gasteiger partial charge on any atom is 0.191 e. The summed E-state index contributed by atoms with van der Waals surface area (Å²) in [7, 11) is 0. The van der Waals surface area contributed by atoms with Crippen LogP contribution in [0.4, 0.5) is 0 Å². The SMILES string of the molecule is CC(=O)c1ccc[n+](/C=C/C(=O)c2ccc(C)cc2)c1. The number of carbonyl (C=O) groups excluding carboxylic acids is 2. The minimum absolute atomic E-state index is 0.00221.